The van der Waals surface area contributed by atoms with Crippen LogP contribution in [0.2, 0.25) is 0 Å². The molecule has 0 aromatic rings. The van der Waals surface area contributed by atoms with Crippen LogP contribution in [-0.4, -0.2) is 34.0 Å². The summed E-state index contributed by atoms with van der Waals surface area (Å²) in [5.41, 5.74) is -0.152. The molecule has 0 aromatic carbocycles. The Morgan fingerprint density at radius 2 is 2.06 bits per heavy atom. The van der Waals surface area contributed by atoms with Crippen LogP contribution in [0.15, 0.2) is 12.2 Å². The van der Waals surface area contributed by atoms with Crippen LogP contribution >= 0.6 is 0 Å². The third-order valence-corrected chi connectivity index (χ3v) is 3.39. The highest BCUT2D eigenvalue weighted by atomic mass is 16.5. The molecular formula is C14H25O3. The molecule has 0 amide bonds. The highest BCUT2D eigenvalue weighted by Crippen LogP contribution is 2.46. The molecular weight excluding hydrogens is 216 g/mol. The molecule has 2 unspecified atom stereocenters. The quantitative estimate of drug-likeness (QED) is 0.669. The predicted octanol–water partition coefficient (Wildman–Crippen LogP) is 2.82. The van der Waals surface area contributed by atoms with Crippen molar-refractivity contribution in [3.05, 3.63) is 18.3 Å². The van der Waals surface area contributed by atoms with Crippen molar-refractivity contribution in [1.29, 1.82) is 0 Å². The van der Waals surface area contributed by atoms with Gasteiger partial charge in [0.05, 0.1) is 18.1 Å². The molecule has 1 aliphatic carbocycles. The molecule has 0 bridgehead atoms. The molecule has 0 spiro atoms. The molecule has 0 aliphatic heterocycles. The Bertz CT molecular complexity index is 250. The van der Waals surface area contributed by atoms with Crippen LogP contribution in [0, 0.1) is 17.4 Å². The Labute approximate surface area is 105 Å². The Morgan fingerprint density at radius 1 is 1.35 bits per heavy atom. The van der Waals surface area contributed by atoms with Gasteiger partial charge in [-0.05, 0) is 18.8 Å². The van der Waals surface area contributed by atoms with Crippen molar-refractivity contribution in [2.45, 2.75) is 32.8 Å². The standard InChI is InChI=1S/C14H25O3/c1-11(2)9-14(10-15-3)12(16-4)7-6-8-13(14)17-5/h6-7,11-12H,8-10H2,1-5H3. The van der Waals surface area contributed by atoms with Crippen LogP contribution < -0.4 is 0 Å². The molecule has 3 heteroatoms. The van der Waals surface area contributed by atoms with Gasteiger partial charge in [0.25, 0.3) is 0 Å². The van der Waals surface area contributed by atoms with E-state index in [1.54, 1.807) is 21.3 Å². The first-order valence-electron chi connectivity index (χ1n) is 6.19. The molecule has 1 aliphatic rings. The SMILES string of the molecule is COCC1(CC(C)C)[C](OC)CC=CC1OC. The van der Waals surface area contributed by atoms with Gasteiger partial charge in [-0.3, -0.25) is 0 Å². The van der Waals surface area contributed by atoms with E-state index in [1.807, 2.05) is 0 Å². The third kappa shape index (κ3) is 3.09. The van der Waals surface area contributed by atoms with Crippen LogP contribution in [0.5, 0.6) is 0 Å². The summed E-state index contributed by atoms with van der Waals surface area (Å²) in [4.78, 5) is 0. The second kappa shape index (κ2) is 6.53. The lowest BCUT2D eigenvalue weighted by atomic mass is 9.68. The molecule has 0 aromatic heterocycles. The van der Waals surface area contributed by atoms with Gasteiger partial charge in [-0.2, -0.15) is 0 Å². The molecule has 3 nitrogen and oxygen atoms in total. The Hall–Kier alpha value is -0.380. The maximum Gasteiger partial charge on any atom is 0.112 e. The van der Waals surface area contributed by atoms with E-state index in [0.717, 1.165) is 18.9 Å². The molecule has 0 N–H and O–H groups in total. The molecule has 0 heterocycles. The molecule has 17 heavy (non-hydrogen) atoms. The fourth-order valence-corrected chi connectivity index (χ4v) is 2.87. The van der Waals surface area contributed by atoms with Crippen molar-refractivity contribution in [2.24, 2.45) is 11.3 Å². The van der Waals surface area contributed by atoms with Crippen molar-refractivity contribution in [2.75, 3.05) is 27.9 Å². The van der Waals surface area contributed by atoms with E-state index in [2.05, 4.69) is 26.0 Å². The zero-order chi connectivity index (χ0) is 12.9. The van der Waals surface area contributed by atoms with Gasteiger partial charge in [-0.15, -0.1) is 0 Å². The number of rotatable bonds is 6. The van der Waals surface area contributed by atoms with Gasteiger partial charge in [0.15, 0.2) is 0 Å². The lowest BCUT2D eigenvalue weighted by Crippen LogP contribution is -2.47. The first kappa shape index (κ1) is 14.7. The van der Waals surface area contributed by atoms with Gasteiger partial charge in [0.1, 0.15) is 6.10 Å². The van der Waals surface area contributed by atoms with Crippen LogP contribution in [0.3, 0.4) is 0 Å². The summed E-state index contributed by atoms with van der Waals surface area (Å²) in [5, 5.41) is 0. The molecule has 1 rings (SSSR count). The summed E-state index contributed by atoms with van der Waals surface area (Å²) in [6, 6.07) is 0. The number of hydrogen-bond donors (Lipinski definition) is 0. The second-order valence-electron chi connectivity index (χ2n) is 5.10. The normalized spacial score (nSPS) is 30.1. The second-order valence-corrected chi connectivity index (χ2v) is 5.10. The highest BCUT2D eigenvalue weighted by Gasteiger charge is 2.48. The topological polar surface area (TPSA) is 27.7 Å². The van der Waals surface area contributed by atoms with Gasteiger partial charge >= 0.3 is 0 Å². The van der Waals surface area contributed by atoms with Crippen LogP contribution in [0.4, 0.5) is 0 Å². The lowest BCUT2D eigenvalue weighted by Gasteiger charge is -2.45. The lowest BCUT2D eigenvalue weighted by molar-refractivity contribution is -0.0813. The maximum atomic E-state index is 5.62. The van der Waals surface area contributed by atoms with E-state index in [9.17, 15) is 0 Å². The van der Waals surface area contributed by atoms with E-state index in [0.29, 0.717) is 12.5 Å². The molecule has 1 radical (unpaired) electrons. The van der Waals surface area contributed by atoms with E-state index in [4.69, 9.17) is 14.2 Å². The fraction of sp³-hybridized carbons (Fsp3) is 0.786. The molecule has 99 valence electrons. The molecule has 0 saturated heterocycles. The summed E-state index contributed by atoms with van der Waals surface area (Å²) in [6.45, 7) is 5.07. The number of methoxy groups -OCH3 is 3. The summed E-state index contributed by atoms with van der Waals surface area (Å²) in [6.07, 6.45) is 7.21. The van der Waals surface area contributed by atoms with Gasteiger partial charge in [-0.1, -0.05) is 26.0 Å². The van der Waals surface area contributed by atoms with E-state index >= 15 is 0 Å². The molecule has 0 fully saturated rings. The average Bonchev–Trinajstić information content (AvgIpc) is 2.28. The largest absolute Gasteiger partial charge is 0.384 e. The van der Waals surface area contributed by atoms with Crippen molar-refractivity contribution >= 4 is 0 Å². The maximum absolute atomic E-state index is 5.62. The Morgan fingerprint density at radius 3 is 2.53 bits per heavy atom. The van der Waals surface area contributed by atoms with Crippen LogP contribution in [0.25, 0.3) is 0 Å². The van der Waals surface area contributed by atoms with Crippen molar-refractivity contribution < 1.29 is 14.2 Å². The summed E-state index contributed by atoms with van der Waals surface area (Å²) < 4.78 is 16.7. The van der Waals surface area contributed by atoms with Gasteiger partial charge in [-0.25, -0.2) is 0 Å². The summed E-state index contributed by atoms with van der Waals surface area (Å²) >= 11 is 0. The summed E-state index contributed by atoms with van der Waals surface area (Å²) in [5.74, 6) is 0.569. The monoisotopic (exact) mass is 241 g/mol. The van der Waals surface area contributed by atoms with Crippen molar-refractivity contribution in [3.63, 3.8) is 0 Å². The third-order valence-electron chi connectivity index (χ3n) is 3.39. The van der Waals surface area contributed by atoms with Crippen molar-refractivity contribution in [3.8, 4) is 0 Å². The Balaban J connectivity index is 3.03. The predicted molar refractivity (Wildman–Crippen MR) is 68.6 cm³/mol. The van der Waals surface area contributed by atoms with Crippen molar-refractivity contribution in [1.82, 2.24) is 0 Å². The number of ether oxygens (including phenoxy) is 3. The molecule has 2 atom stereocenters. The van der Waals surface area contributed by atoms with E-state index in [-0.39, 0.29) is 11.5 Å². The zero-order valence-electron chi connectivity index (χ0n) is 11.7. The fourth-order valence-electron chi connectivity index (χ4n) is 2.87. The minimum atomic E-state index is -0.152. The first-order chi connectivity index (χ1) is 8.10. The minimum Gasteiger partial charge on any atom is -0.384 e. The molecule has 0 saturated carbocycles. The van der Waals surface area contributed by atoms with Crippen LogP contribution in [0.1, 0.15) is 26.7 Å². The Kier molecular flexibility index (Phi) is 5.63. The first-order valence-corrected chi connectivity index (χ1v) is 6.19. The summed E-state index contributed by atoms with van der Waals surface area (Å²) in [7, 11) is 5.23. The van der Waals surface area contributed by atoms with Crippen LogP contribution in [-0.2, 0) is 14.2 Å². The van der Waals surface area contributed by atoms with Gasteiger partial charge < -0.3 is 14.2 Å². The van der Waals surface area contributed by atoms with Gasteiger partial charge in [0, 0.05) is 21.3 Å². The minimum absolute atomic E-state index is 0.0357. The van der Waals surface area contributed by atoms with E-state index in [1.165, 1.54) is 0 Å². The number of hydrogen-bond acceptors (Lipinski definition) is 3. The van der Waals surface area contributed by atoms with Gasteiger partial charge in [0.2, 0.25) is 0 Å². The zero-order valence-corrected chi connectivity index (χ0v) is 11.7. The smallest absolute Gasteiger partial charge is 0.112 e. The highest BCUT2D eigenvalue weighted by molar-refractivity contribution is 5.18. The van der Waals surface area contributed by atoms with E-state index < -0.39 is 0 Å². The average molecular weight is 241 g/mol.